The van der Waals surface area contributed by atoms with Crippen LogP contribution in [0.4, 0.5) is 0 Å². The average Bonchev–Trinajstić information content (AvgIpc) is 1.36. The van der Waals surface area contributed by atoms with Crippen molar-refractivity contribution in [1.29, 1.82) is 0 Å². The van der Waals surface area contributed by atoms with Crippen LogP contribution in [0.2, 0.25) is 0 Å². The van der Waals surface area contributed by atoms with E-state index in [0.29, 0.717) is 0 Å². The highest BCUT2D eigenvalue weighted by molar-refractivity contribution is 6.33. The maximum absolute atomic E-state index is 3.06. The maximum atomic E-state index is 3.06. The van der Waals surface area contributed by atoms with Gasteiger partial charge in [0.15, 0.2) is 41.6 Å². The molecule has 0 saturated heterocycles. The minimum atomic E-state index is 1.44. The minimum Gasteiger partial charge on any atom is -0.303 e. The van der Waals surface area contributed by atoms with Crippen LogP contribution in [0.15, 0.2) is 0 Å². The molecule has 0 N–H and O–H groups in total. The molecule has 2 nitrogen and oxygen atoms in total. The third-order valence-corrected chi connectivity index (χ3v) is 1.80. The SMILES string of the molecule is [Si]N([Si])N([Si])[Si]. The van der Waals surface area contributed by atoms with Crippen LogP contribution < -0.4 is 0 Å². The average molecular weight is 140 g/mol. The van der Waals surface area contributed by atoms with E-state index in [9.17, 15) is 0 Å². The van der Waals surface area contributed by atoms with Gasteiger partial charge in [0, 0.05) is 0 Å². The summed E-state index contributed by atoms with van der Waals surface area (Å²) in [5.74, 6) is 0. The molecule has 0 rings (SSSR count). The van der Waals surface area contributed by atoms with E-state index in [0.717, 1.165) is 0 Å². The Bertz CT molecular complexity index is 26.5. The highest BCUT2D eigenvalue weighted by Crippen LogP contribution is 1.66. The van der Waals surface area contributed by atoms with Gasteiger partial charge in [0.05, 0.1) is 0 Å². The molecule has 0 aliphatic rings. The second-order valence-corrected chi connectivity index (χ2v) is 3.21. The molecule has 0 aromatic carbocycles. The lowest BCUT2D eigenvalue weighted by molar-refractivity contribution is 0.462. The normalized spacial score (nSPS) is 11.0. The van der Waals surface area contributed by atoms with Crippen molar-refractivity contribution in [2.24, 2.45) is 0 Å². The van der Waals surface area contributed by atoms with Crippen molar-refractivity contribution >= 4 is 41.6 Å². The lowest BCUT2D eigenvalue weighted by Crippen LogP contribution is -2.34. The Morgan fingerprint density at radius 2 is 0.833 bits per heavy atom. The molecule has 0 heterocycles. The zero-order valence-electron chi connectivity index (χ0n) is 2.89. The summed E-state index contributed by atoms with van der Waals surface area (Å²) in [6, 6.07) is 0. The van der Waals surface area contributed by atoms with Crippen molar-refractivity contribution in [3.8, 4) is 0 Å². The Labute approximate surface area is 50.9 Å². The van der Waals surface area contributed by atoms with Gasteiger partial charge in [-0.2, -0.15) is 0 Å². The first-order valence-corrected chi connectivity index (χ1v) is 2.88. The van der Waals surface area contributed by atoms with E-state index in [1.165, 1.54) is 8.68 Å². The maximum Gasteiger partial charge on any atom is 0.152 e. The summed E-state index contributed by atoms with van der Waals surface area (Å²) >= 11 is 0. The van der Waals surface area contributed by atoms with Gasteiger partial charge in [0.2, 0.25) is 0 Å². The Hall–Kier alpha value is 0.788. The topological polar surface area (TPSA) is 6.48 Å². The monoisotopic (exact) mass is 140 g/mol. The van der Waals surface area contributed by atoms with Gasteiger partial charge in [-0.3, -0.25) is 0 Å². The van der Waals surface area contributed by atoms with Gasteiger partial charge in [0.25, 0.3) is 0 Å². The molecule has 0 amide bonds. The summed E-state index contributed by atoms with van der Waals surface area (Å²) in [6.45, 7) is 0. The highest BCUT2D eigenvalue weighted by atomic mass is 28.2. The molecule has 0 atom stereocenters. The second kappa shape index (κ2) is 2.88. The zero-order chi connectivity index (χ0) is 5.15. The number of hydrogen-bond donors (Lipinski definition) is 0. The minimum absolute atomic E-state index is 1.44. The largest absolute Gasteiger partial charge is 0.303 e. The van der Waals surface area contributed by atoms with E-state index in [1.54, 1.807) is 0 Å². The lowest BCUT2D eigenvalue weighted by atomic mass is 12.9. The molecule has 0 spiro atoms. The quantitative estimate of drug-likeness (QED) is 0.302. The van der Waals surface area contributed by atoms with Crippen LogP contribution in [0.1, 0.15) is 0 Å². The van der Waals surface area contributed by atoms with Crippen LogP contribution in [0.5, 0.6) is 0 Å². The molecule has 26 valence electrons. The fraction of sp³-hybridized carbons (Fsp3) is 0. The molecule has 0 aromatic heterocycles. The van der Waals surface area contributed by atoms with Gasteiger partial charge in [-0.15, -0.1) is 0 Å². The van der Waals surface area contributed by atoms with Crippen LogP contribution in [0, 0.1) is 0 Å². The predicted molar refractivity (Wildman–Crippen MR) is 26.7 cm³/mol. The molecule has 0 aliphatic heterocycles. The van der Waals surface area contributed by atoms with Gasteiger partial charge in [-0.05, 0) is 0 Å². The van der Waals surface area contributed by atoms with Crippen LogP contribution in [0.25, 0.3) is 0 Å². The molecule has 12 radical (unpaired) electrons. The summed E-state index contributed by atoms with van der Waals surface area (Å²) in [6.07, 6.45) is 0. The van der Waals surface area contributed by atoms with Gasteiger partial charge >= 0.3 is 0 Å². The molecule has 0 saturated carbocycles. The zero-order valence-corrected chi connectivity index (χ0v) is 6.89. The highest BCUT2D eigenvalue weighted by Gasteiger charge is 1.87. The van der Waals surface area contributed by atoms with E-state index >= 15 is 0 Å². The summed E-state index contributed by atoms with van der Waals surface area (Å²) in [7, 11) is 12.2. The van der Waals surface area contributed by atoms with E-state index in [4.69, 9.17) is 0 Å². The molecule has 0 bridgehead atoms. The fourth-order valence-corrected chi connectivity index (χ4v) is 0. The van der Waals surface area contributed by atoms with E-state index in [1.807, 2.05) is 0 Å². The lowest BCUT2D eigenvalue weighted by Gasteiger charge is -2.17. The van der Waals surface area contributed by atoms with Gasteiger partial charge in [-0.25, -0.2) is 0 Å². The predicted octanol–water partition coefficient (Wildman–Crippen LogP) is -2.16. The Kier molecular flexibility index (Phi) is 3.26. The summed E-state index contributed by atoms with van der Waals surface area (Å²) in [5, 5.41) is 0. The third kappa shape index (κ3) is 3.00. The van der Waals surface area contributed by atoms with Crippen molar-refractivity contribution in [3.63, 3.8) is 0 Å². The molecule has 6 heteroatoms. The first kappa shape index (κ1) is 6.79. The summed E-state index contributed by atoms with van der Waals surface area (Å²) < 4.78 is 2.88. The number of rotatable bonds is 1. The Balaban J connectivity index is 2.99. The van der Waals surface area contributed by atoms with Crippen molar-refractivity contribution in [1.82, 2.24) is 8.68 Å². The smallest absolute Gasteiger partial charge is 0.152 e. The molecular weight excluding hydrogens is 140 g/mol. The van der Waals surface area contributed by atoms with Crippen LogP contribution in [-0.4, -0.2) is 50.3 Å². The van der Waals surface area contributed by atoms with E-state index in [2.05, 4.69) is 41.6 Å². The van der Waals surface area contributed by atoms with Crippen molar-refractivity contribution in [3.05, 3.63) is 0 Å². The van der Waals surface area contributed by atoms with E-state index in [-0.39, 0.29) is 0 Å². The van der Waals surface area contributed by atoms with Crippen LogP contribution in [0.3, 0.4) is 0 Å². The van der Waals surface area contributed by atoms with E-state index < -0.39 is 0 Å². The van der Waals surface area contributed by atoms with Gasteiger partial charge < -0.3 is 8.68 Å². The van der Waals surface area contributed by atoms with Gasteiger partial charge in [0.1, 0.15) is 0 Å². The van der Waals surface area contributed by atoms with Gasteiger partial charge in [-0.1, -0.05) is 0 Å². The number of hydrazine groups is 1. The summed E-state index contributed by atoms with van der Waals surface area (Å²) in [4.78, 5) is 0. The molecule has 6 heavy (non-hydrogen) atoms. The van der Waals surface area contributed by atoms with Crippen LogP contribution in [-0.2, 0) is 0 Å². The van der Waals surface area contributed by atoms with Crippen LogP contribution >= 0.6 is 0 Å². The van der Waals surface area contributed by atoms with Crippen molar-refractivity contribution in [2.45, 2.75) is 0 Å². The second-order valence-electron chi connectivity index (χ2n) is 0.624. The Morgan fingerprint density at radius 3 is 0.833 bits per heavy atom. The third-order valence-electron chi connectivity index (χ3n) is 0.200. The summed E-state index contributed by atoms with van der Waals surface area (Å²) in [5.41, 5.74) is 0. The number of hydrogen-bond acceptors (Lipinski definition) is 2. The fourth-order valence-electron chi connectivity index (χ4n) is 0. The molecule has 0 aromatic rings. The number of nitrogens with zero attached hydrogens (tertiary/aromatic N) is 2. The molecular formula is N2Si4. The van der Waals surface area contributed by atoms with Crippen molar-refractivity contribution in [2.75, 3.05) is 0 Å². The molecule has 0 unspecified atom stereocenters. The Morgan fingerprint density at radius 1 is 0.667 bits per heavy atom. The van der Waals surface area contributed by atoms with Crippen molar-refractivity contribution < 1.29 is 0 Å². The standard InChI is InChI=1S/N2Si4/c3-1(4)2(5)6. The molecule has 0 fully saturated rings. The first-order valence-electron chi connectivity index (χ1n) is 1.09. The first-order chi connectivity index (χ1) is 2.64. The molecule has 0 aliphatic carbocycles.